The fourth-order valence-electron chi connectivity index (χ4n) is 2.96. The third-order valence-corrected chi connectivity index (χ3v) is 4.20. The topological polar surface area (TPSA) is 29.9 Å². The second kappa shape index (κ2) is 5.17. The van der Waals surface area contributed by atoms with Gasteiger partial charge in [0.05, 0.1) is 12.2 Å². The molecular weight excluding hydrogens is 234 g/mol. The second-order valence-electron chi connectivity index (χ2n) is 5.43. The molecule has 1 aliphatic carbocycles. The van der Waals surface area contributed by atoms with Gasteiger partial charge in [0.25, 0.3) is 0 Å². The van der Waals surface area contributed by atoms with Gasteiger partial charge < -0.3 is 5.32 Å². The molecule has 1 saturated carbocycles. The number of rotatable bonds is 4. The van der Waals surface area contributed by atoms with Crippen LogP contribution in [0.1, 0.15) is 47.9 Å². The van der Waals surface area contributed by atoms with Gasteiger partial charge in [-0.25, -0.2) is 0 Å². The molecule has 1 N–H and O–H groups in total. The molecule has 0 saturated heterocycles. The van der Waals surface area contributed by atoms with Crippen LogP contribution in [-0.2, 0) is 7.05 Å². The van der Waals surface area contributed by atoms with Crippen LogP contribution in [0, 0.1) is 0 Å². The van der Waals surface area contributed by atoms with Gasteiger partial charge in [-0.3, -0.25) is 4.68 Å². The molecule has 100 valence electrons. The van der Waals surface area contributed by atoms with Crippen LogP contribution in [0.4, 0.5) is 0 Å². The van der Waals surface area contributed by atoms with Gasteiger partial charge in [0.15, 0.2) is 0 Å². The van der Waals surface area contributed by atoms with E-state index in [1.165, 1.54) is 36.0 Å². The Balaban J connectivity index is 1.99. The number of hydrogen-bond acceptors (Lipinski definition) is 2. The zero-order valence-electron chi connectivity index (χ0n) is 11.6. The molecule has 0 amide bonds. The van der Waals surface area contributed by atoms with E-state index < -0.39 is 0 Å². The highest BCUT2D eigenvalue weighted by atomic mass is 15.2. The van der Waals surface area contributed by atoms with Gasteiger partial charge in [0, 0.05) is 18.8 Å². The van der Waals surface area contributed by atoms with Crippen molar-refractivity contribution < 1.29 is 0 Å². The maximum Gasteiger partial charge on any atom is 0.0608 e. The molecule has 1 aromatic carbocycles. The summed E-state index contributed by atoms with van der Waals surface area (Å²) < 4.78 is 1.87. The predicted octanol–water partition coefficient (Wildman–Crippen LogP) is 3.00. The van der Waals surface area contributed by atoms with E-state index in [4.69, 9.17) is 0 Å². The minimum atomic E-state index is 0.241. The standard InChI is InChI=1S/C16H21N3/c1-17-16(13-10-18-19(2)11-13)15-9-4-3-8-14(15)12-6-5-7-12/h3-4,8-12,16-17H,5-7H2,1-2H3. The fourth-order valence-corrected chi connectivity index (χ4v) is 2.96. The zero-order chi connectivity index (χ0) is 13.2. The minimum absolute atomic E-state index is 0.241. The van der Waals surface area contributed by atoms with Crippen LogP contribution in [-0.4, -0.2) is 16.8 Å². The molecular formula is C16H21N3. The van der Waals surface area contributed by atoms with Crippen LogP contribution in [0.5, 0.6) is 0 Å². The van der Waals surface area contributed by atoms with Gasteiger partial charge in [-0.05, 0) is 36.9 Å². The van der Waals surface area contributed by atoms with Crippen LogP contribution in [0.25, 0.3) is 0 Å². The van der Waals surface area contributed by atoms with Gasteiger partial charge in [0.2, 0.25) is 0 Å². The Hall–Kier alpha value is -1.61. The number of benzene rings is 1. The van der Waals surface area contributed by atoms with E-state index in [1.807, 2.05) is 25.0 Å². The second-order valence-corrected chi connectivity index (χ2v) is 5.43. The summed E-state index contributed by atoms with van der Waals surface area (Å²) in [7, 11) is 3.99. The third kappa shape index (κ3) is 2.30. The smallest absolute Gasteiger partial charge is 0.0608 e. The molecule has 3 heteroatoms. The number of aromatic nitrogens is 2. The summed E-state index contributed by atoms with van der Waals surface area (Å²) in [6.07, 6.45) is 8.09. The van der Waals surface area contributed by atoms with Crippen molar-refractivity contribution in [2.45, 2.75) is 31.2 Å². The van der Waals surface area contributed by atoms with Crippen molar-refractivity contribution in [1.82, 2.24) is 15.1 Å². The average Bonchev–Trinajstić information content (AvgIpc) is 2.77. The largest absolute Gasteiger partial charge is 0.309 e. The fraction of sp³-hybridized carbons (Fsp3) is 0.438. The van der Waals surface area contributed by atoms with E-state index in [9.17, 15) is 0 Å². The van der Waals surface area contributed by atoms with E-state index in [1.54, 1.807) is 0 Å². The Labute approximate surface area is 114 Å². The Kier molecular flexibility index (Phi) is 3.38. The van der Waals surface area contributed by atoms with Gasteiger partial charge in [0.1, 0.15) is 0 Å². The Morgan fingerprint density at radius 1 is 1.32 bits per heavy atom. The highest BCUT2D eigenvalue weighted by Crippen LogP contribution is 2.40. The van der Waals surface area contributed by atoms with Crippen molar-refractivity contribution in [3.8, 4) is 0 Å². The molecule has 1 heterocycles. The molecule has 0 bridgehead atoms. The maximum absolute atomic E-state index is 4.30. The molecule has 3 rings (SSSR count). The summed E-state index contributed by atoms with van der Waals surface area (Å²) in [4.78, 5) is 0. The lowest BCUT2D eigenvalue weighted by Crippen LogP contribution is -2.21. The normalized spacial score (nSPS) is 17.2. The summed E-state index contributed by atoms with van der Waals surface area (Å²) in [5.74, 6) is 0.753. The molecule has 1 atom stereocenters. The molecule has 0 spiro atoms. The van der Waals surface area contributed by atoms with E-state index in [0.717, 1.165) is 5.92 Å². The molecule has 1 aliphatic rings. The van der Waals surface area contributed by atoms with Crippen molar-refractivity contribution >= 4 is 0 Å². The summed E-state index contributed by atoms with van der Waals surface area (Å²) in [6.45, 7) is 0. The van der Waals surface area contributed by atoms with E-state index in [2.05, 4.69) is 40.9 Å². The Morgan fingerprint density at radius 2 is 2.11 bits per heavy atom. The van der Waals surface area contributed by atoms with Crippen LogP contribution in [0.2, 0.25) is 0 Å². The first-order valence-corrected chi connectivity index (χ1v) is 7.04. The van der Waals surface area contributed by atoms with Gasteiger partial charge >= 0.3 is 0 Å². The van der Waals surface area contributed by atoms with Crippen molar-refractivity contribution in [2.75, 3.05) is 7.05 Å². The maximum atomic E-state index is 4.30. The van der Waals surface area contributed by atoms with E-state index in [0.29, 0.717) is 0 Å². The summed E-state index contributed by atoms with van der Waals surface area (Å²) in [6, 6.07) is 9.08. The molecule has 3 nitrogen and oxygen atoms in total. The third-order valence-electron chi connectivity index (χ3n) is 4.20. The van der Waals surface area contributed by atoms with Crippen LogP contribution < -0.4 is 5.32 Å². The van der Waals surface area contributed by atoms with Crippen molar-refractivity contribution in [1.29, 1.82) is 0 Å². The monoisotopic (exact) mass is 255 g/mol. The van der Waals surface area contributed by atoms with E-state index in [-0.39, 0.29) is 6.04 Å². The van der Waals surface area contributed by atoms with Crippen molar-refractivity contribution in [3.05, 3.63) is 53.3 Å². The van der Waals surface area contributed by atoms with Crippen molar-refractivity contribution in [2.24, 2.45) is 7.05 Å². The summed E-state index contributed by atoms with van der Waals surface area (Å²) in [5, 5.41) is 7.73. The predicted molar refractivity (Wildman–Crippen MR) is 77.1 cm³/mol. The first-order chi connectivity index (χ1) is 9.29. The first-order valence-electron chi connectivity index (χ1n) is 7.04. The quantitative estimate of drug-likeness (QED) is 0.910. The van der Waals surface area contributed by atoms with Crippen LogP contribution >= 0.6 is 0 Å². The summed E-state index contributed by atoms with van der Waals surface area (Å²) >= 11 is 0. The molecule has 1 fully saturated rings. The zero-order valence-corrected chi connectivity index (χ0v) is 11.6. The Bertz CT molecular complexity index is 555. The first kappa shape index (κ1) is 12.4. The number of hydrogen-bond donors (Lipinski definition) is 1. The number of nitrogens with zero attached hydrogens (tertiary/aromatic N) is 2. The molecule has 0 aliphatic heterocycles. The van der Waals surface area contributed by atoms with Crippen LogP contribution in [0.3, 0.4) is 0 Å². The van der Waals surface area contributed by atoms with Crippen molar-refractivity contribution in [3.63, 3.8) is 0 Å². The Morgan fingerprint density at radius 3 is 2.68 bits per heavy atom. The SMILES string of the molecule is CNC(c1cnn(C)c1)c1ccccc1C1CCC1. The molecule has 19 heavy (non-hydrogen) atoms. The molecule has 1 aromatic heterocycles. The minimum Gasteiger partial charge on any atom is -0.309 e. The van der Waals surface area contributed by atoms with Gasteiger partial charge in [-0.1, -0.05) is 30.7 Å². The molecule has 0 radical (unpaired) electrons. The van der Waals surface area contributed by atoms with Crippen LogP contribution in [0.15, 0.2) is 36.7 Å². The molecule has 1 unspecified atom stereocenters. The van der Waals surface area contributed by atoms with Gasteiger partial charge in [-0.15, -0.1) is 0 Å². The highest BCUT2D eigenvalue weighted by Gasteiger charge is 2.25. The lowest BCUT2D eigenvalue weighted by molar-refractivity contribution is 0.415. The number of aryl methyl sites for hydroxylation is 1. The number of nitrogens with one attached hydrogen (secondary N) is 1. The lowest BCUT2D eigenvalue weighted by Gasteiger charge is -2.30. The highest BCUT2D eigenvalue weighted by molar-refractivity contribution is 5.38. The average molecular weight is 255 g/mol. The summed E-state index contributed by atoms with van der Waals surface area (Å²) in [5.41, 5.74) is 4.15. The lowest BCUT2D eigenvalue weighted by atomic mass is 9.76. The van der Waals surface area contributed by atoms with Gasteiger partial charge in [-0.2, -0.15) is 5.10 Å². The molecule has 2 aromatic rings. The van der Waals surface area contributed by atoms with E-state index >= 15 is 0 Å².